The molecule has 168 valence electrons. The number of benzene rings is 1. The minimum atomic E-state index is -4.38. The molecule has 0 aliphatic heterocycles. The van der Waals surface area contributed by atoms with Crippen molar-refractivity contribution < 1.29 is 32.5 Å². The zero-order chi connectivity index (χ0) is 23.2. The average Bonchev–Trinajstić information content (AvgIpc) is 2.84. The van der Waals surface area contributed by atoms with Crippen LogP contribution in [0.25, 0.3) is 0 Å². The van der Waals surface area contributed by atoms with Crippen molar-refractivity contribution in [3.05, 3.63) is 76.4 Å². The number of carbonyl (C=O) groups is 1. The zero-order valence-corrected chi connectivity index (χ0v) is 18.4. The van der Waals surface area contributed by atoms with E-state index in [9.17, 15) is 23.1 Å². The molecule has 0 spiro atoms. The van der Waals surface area contributed by atoms with Crippen molar-refractivity contribution in [3.8, 4) is 5.75 Å². The van der Waals surface area contributed by atoms with Crippen molar-refractivity contribution in [2.45, 2.75) is 39.0 Å². The van der Waals surface area contributed by atoms with Gasteiger partial charge in [-0.05, 0) is 68.8 Å². The SMILES string of the molecule is C=C(COc1ccc(C(F)(F)F)cc1)CSC1=CC=C(OC(C)(C)C(=O)O)CC(C)=C1. The minimum Gasteiger partial charge on any atom is -0.489 e. The molecule has 0 aromatic heterocycles. The van der Waals surface area contributed by atoms with Gasteiger partial charge in [0.05, 0.1) is 5.56 Å². The first-order valence-electron chi connectivity index (χ1n) is 9.47. The van der Waals surface area contributed by atoms with E-state index in [0.717, 1.165) is 28.2 Å². The van der Waals surface area contributed by atoms with Crippen LogP contribution in [0, 0.1) is 0 Å². The summed E-state index contributed by atoms with van der Waals surface area (Å²) in [5, 5.41) is 9.23. The molecule has 0 bridgehead atoms. The third kappa shape index (κ3) is 7.86. The van der Waals surface area contributed by atoms with E-state index in [0.29, 0.717) is 23.7 Å². The number of ether oxygens (including phenoxy) is 2. The van der Waals surface area contributed by atoms with Gasteiger partial charge >= 0.3 is 12.1 Å². The Balaban J connectivity index is 1.89. The number of alkyl halides is 3. The van der Waals surface area contributed by atoms with Gasteiger partial charge < -0.3 is 14.6 Å². The Kier molecular flexibility index (Phi) is 8.06. The van der Waals surface area contributed by atoms with Crippen molar-refractivity contribution in [2.24, 2.45) is 0 Å². The fourth-order valence-corrected chi connectivity index (χ4v) is 3.44. The first-order chi connectivity index (χ1) is 14.4. The fourth-order valence-electron chi connectivity index (χ4n) is 2.53. The molecule has 31 heavy (non-hydrogen) atoms. The van der Waals surface area contributed by atoms with Crippen LogP contribution in [-0.4, -0.2) is 29.0 Å². The molecular formula is C23H25F3O4S. The number of hydrogen-bond donors (Lipinski definition) is 1. The Hall–Kier alpha value is -2.61. The number of allylic oxidation sites excluding steroid dienone is 4. The number of carboxylic acids is 1. The third-order valence-electron chi connectivity index (χ3n) is 4.24. The predicted octanol–water partition coefficient (Wildman–Crippen LogP) is 6.37. The van der Waals surface area contributed by atoms with Crippen LogP contribution < -0.4 is 4.74 Å². The van der Waals surface area contributed by atoms with Crippen LogP contribution in [-0.2, 0) is 15.7 Å². The van der Waals surface area contributed by atoms with Gasteiger partial charge in [-0.25, -0.2) is 4.79 Å². The van der Waals surface area contributed by atoms with Gasteiger partial charge in [-0.2, -0.15) is 13.2 Å². The summed E-state index contributed by atoms with van der Waals surface area (Å²) in [6.45, 7) is 9.08. The van der Waals surface area contributed by atoms with Crippen LogP contribution in [0.3, 0.4) is 0 Å². The summed E-state index contributed by atoms with van der Waals surface area (Å²) in [5.74, 6) is 0.429. The van der Waals surface area contributed by atoms with Crippen molar-refractivity contribution in [1.29, 1.82) is 0 Å². The molecule has 8 heteroatoms. The van der Waals surface area contributed by atoms with Gasteiger partial charge in [-0.15, -0.1) is 11.8 Å². The van der Waals surface area contributed by atoms with Gasteiger partial charge in [0.25, 0.3) is 0 Å². The van der Waals surface area contributed by atoms with Gasteiger partial charge in [-0.3, -0.25) is 0 Å². The molecule has 1 N–H and O–H groups in total. The topological polar surface area (TPSA) is 55.8 Å². The van der Waals surface area contributed by atoms with E-state index in [2.05, 4.69) is 6.58 Å². The second-order valence-electron chi connectivity index (χ2n) is 7.64. The molecule has 1 aromatic carbocycles. The van der Waals surface area contributed by atoms with Crippen LogP contribution >= 0.6 is 11.8 Å². The smallest absolute Gasteiger partial charge is 0.416 e. The number of rotatable bonds is 9. The summed E-state index contributed by atoms with van der Waals surface area (Å²) >= 11 is 1.53. The van der Waals surface area contributed by atoms with E-state index in [-0.39, 0.29) is 6.61 Å². The molecule has 1 aromatic rings. The van der Waals surface area contributed by atoms with Gasteiger partial charge in [0.1, 0.15) is 18.1 Å². The van der Waals surface area contributed by atoms with E-state index >= 15 is 0 Å². The maximum atomic E-state index is 12.6. The average molecular weight is 455 g/mol. The van der Waals surface area contributed by atoms with Gasteiger partial charge in [0.2, 0.25) is 0 Å². The van der Waals surface area contributed by atoms with Crippen molar-refractivity contribution >= 4 is 17.7 Å². The van der Waals surface area contributed by atoms with E-state index in [1.54, 1.807) is 6.08 Å². The maximum Gasteiger partial charge on any atom is 0.416 e. The standard InChI is InChI=1S/C23H25F3O4S/c1-15-11-19(30-22(3,4)21(27)28)9-10-20(12-15)31-14-16(2)13-29-18-7-5-17(6-8-18)23(24,25)26/h5-10,12H,2,11,13-14H2,1,3-4H3,(H,27,28). The summed E-state index contributed by atoms with van der Waals surface area (Å²) in [4.78, 5) is 12.2. The summed E-state index contributed by atoms with van der Waals surface area (Å²) in [6.07, 6.45) is 1.75. The lowest BCUT2D eigenvalue weighted by molar-refractivity contribution is -0.157. The molecule has 0 fully saturated rings. The minimum absolute atomic E-state index is 0.186. The van der Waals surface area contributed by atoms with E-state index in [1.165, 1.54) is 37.7 Å². The number of hydrogen-bond acceptors (Lipinski definition) is 4. The van der Waals surface area contributed by atoms with Gasteiger partial charge in [-0.1, -0.05) is 12.2 Å². The lowest BCUT2D eigenvalue weighted by Gasteiger charge is -2.23. The highest BCUT2D eigenvalue weighted by molar-refractivity contribution is 8.03. The Morgan fingerprint density at radius 2 is 1.84 bits per heavy atom. The van der Waals surface area contributed by atoms with Crippen LogP contribution in [0.5, 0.6) is 5.75 Å². The maximum absolute atomic E-state index is 12.6. The molecule has 1 aliphatic carbocycles. The molecule has 0 heterocycles. The Bertz CT molecular complexity index is 910. The molecule has 0 saturated heterocycles. The molecular weight excluding hydrogens is 429 g/mol. The predicted molar refractivity (Wildman–Crippen MR) is 116 cm³/mol. The highest BCUT2D eigenvalue weighted by Crippen LogP contribution is 2.31. The van der Waals surface area contributed by atoms with Crippen LogP contribution in [0.4, 0.5) is 13.2 Å². The third-order valence-corrected chi connectivity index (χ3v) is 5.38. The Labute approximate surface area is 184 Å². The van der Waals surface area contributed by atoms with Gasteiger partial charge in [0.15, 0.2) is 5.60 Å². The van der Waals surface area contributed by atoms with Gasteiger partial charge in [0, 0.05) is 17.1 Å². The Morgan fingerprint density at radius 1 is 1.19 bits per heavy atom. The Morgan fingerprint density at radius 3 is 2.42 bits per heavy atom. The highest BCUT2D eigenvalue weighted by atomic mass is 32.2. The first kappa shape index (κ1) is 24.7. The summed E-state index contributed by atoms with van der Waals surface area (Å²) < 4.78 is 49.0. The van der Waals surface area contributed by atoms with E-state index < -0.39 is 23.3 Å². The van der Waals surface area contributed by atoms with Crippen LogP contribution in [0.2, 0.25) is 0 Å². The number of thioether (sulfide) groups is 1. The zero-order valence-electron chi connectivity index (χ0n) is 17.6. The molecule has 0 amide bonds. The summed E-state index contributed by atoms with van der Waals surface area (Å²) in [7, 11) is 0. The molecule has 0 saturated carbocycles. The molecule has 2 rings (SSSR count). The number of carboxylic acid groups (broad SMARTS) is 1. The first-order valence-corrected chi connectivity index (χ1v) is 10.5. The monoisotopic (exact) mass is 454 g/mol. The second kappa shape index (κ2) is 10.1. The lowest BCUT2D eigenvalue weighted by Crippen LogP contribution is -2.34. The molecule has 0 atom stereocenters. The molecule has 0 unspecified atom stereocenters. The van der Waals surface area contributed by atoms with Crippen molar-refractivity contribution in [2.75, 3.05) is 12.4 Å². The van der Waals surface area contributed by atoms with E-state index in [4.69, 9.17) is 9.47 Å². The molecule has 0 radical (unpaired) electrons. The normalized spacial score (nSPS) is 14.7. The summed E-state index contributed by atoms with van der Waals surface area (Å²) in [5.41, 5.74) is -0.245. The second-order valence-corrected chi connectivity index (χ2v) is 8.69. The fraction of sp³-hybridized carbons (Fsp3) is 0.348. The van der Waals surface area contributed by atoms with Crippen LogP contribution in [0.1, 0.15) is 32.8 Å². The molecule has 1 aliphatic rings. The quantitative estimate of drug-likeness (QED) is 0.439. The van der Waals surface area contributed by atoms with E-state index in [1.807, 2.05) is 19.1 Å². The largest absolute Gasteiger partial charge is 0.489 e. The molecule has 4 nitrogen and oxygen atoms in total. The summed E-state index contributed by atoms with van der Waals surface area (Å²) in [6, 6.07) is 4.53. The highest BCUT2D eigenvalue weighted by Gasteiger charge is 2.31. The van der Waals surface area contributed by atoms with Crippen molar-refractivity contribution in [3.63, 3.8) is 0 Å². The lowest BCUT2D eigenvalue weighted by atomic mass is 10.1. The van der Waals surface area contributed by atoms with Crippen LogP contribution in [0.15, 0.2) is 70.9 Å². The van der Waals surface area contributed by atoms with Crippen molar-refractivity contribution in [1.82, 2.24) is 0 Å². The number of aliphatic carboxylic acids is 1. The number of halogens is 3.